The van der Waals surface area contributed by atoms with E-state index in [-0.39, 0.29) is 11.8 Å². The Bertz CT molecular complexity index is 677. The van der Waals surface area contributed by atoms with Gasteiger partial charge in [0.15, 0.2) is 5.82 Å². The molecule has 0 bridgehead atoms. The minimum atomic E-state index is 0.187. The van der Waals surface area contributed by atoms with Crippen LogP contribution in [-0.4, -0.2) is 38.7 Å². The van der Waals surface area contributed by atoms with Crippen LogP contribution in [0.2, 0.25) is 0 Å². The third-order valence-electron chi connectivity index (χ3n) is 4.32. The Balaban J connectivity index is 1.46. The number of aromatic nitrogens is 4. The van der Waals surface area contributed by atoms with Gasteiger partial charge in [-0.15, -0.1) is 0 Å². The average Bonchev–Trinajstić information content (AvgIpc) is 3.06. The first-order valence-corrected chi connectivity index (χ1v) is 8.58. The lowest BCUT2D eigenvalue weighted by atomic mass is 9.89. The minimum Gasteiger partial charge on any atom is -0.368 e. The molecular formula is C17H24N6O. The van der Waals surface area contributed by atoms with Gasteiger partial charge < -0.3 is 10.6 Å². The van der Waals surface area contributed by atoms with Crippen LogP contribution in [-0.2, 0) is 4.79 Å². The van der Waals surface area contributed by atoms with Crippen LogP contribution in [0.4, 0.5) is 5.82 Å². The van der Waals surface area contributed by atoms with Gasteiger partial charge in [0.2, 0.25) is 5.91 Å². The molecule has 0 aromatic carbocycles. The van der Waals surface area contributed by atoms with Crippen LogP contribution in [0.5, 0.6) is 0 Å². The fraction of sp³-hybridized carbons (Fsp3) is 0.529. The Labute approximate surface area is 141 Å². The quantitative estimate of drug-likeness (QED) is 0.793. The van der Waals surface area contributed by atoms with E-state index in [1.807, 2.05) is 25.3 Å². The molecule has 7 heteroatoms. The molecule has 1 fully saturated rings. The van der Waals surface area contributed by atoms with E-state index in [0.717, 1.165) is 24.4 Å². The number of aryl methyl sites for hydroxylation is 1. The molecular weight excluding hydrogens is 304 g/mol. The van der Waals surface area contributed by atoms with Crippen molar-refractivity contribution in [2.45, 2.75) is 39.0 Å². The molecule has 0 unspecified atom stereocenters. The molecule has 0 radical (unpaired) electrons. The van der Waals surface area contributed by atoms with Crippen molar-refractivity contribution in [3.8, 4) is 5.82 Å². The van der Waals surface area contributed by atoms with Crippen LogP contribution < -0.4 is 10.6 Å². The van der Waals surface area contributed by atoms with Gasteiger partial charge in [0, 0.05) is 31.3 Å². The number of carbonyl (C=O) groups is 1. The summed E-state index contributed by atoms with van der Waals surface area (Å²) >= 11 is 0. The maximum Gasteiger partial charge on any atom is 0.223 e. The van der Waals surface area contributed by atoms with Gasteiger partial charge in [0.05, 0.1) is 5.69 Å². The lowest BCUT2D eigenvalue weighted by Crippen LogP contribution is -2.35. The molecule has 1 amide bonds. The number of hydrogen-bond acceptors (Lipinski definition) is 5. The van der Waals surface area contributed by atoms with E-state index in [2.05, 4.69) is 25.7 Å². The molecule has 1 saturated carbocycles. The van der Waals surface area contributed by atoms with Gasteiger partial charge in [-0.2, -0.15) is 5.10 Å². The predicted molar refractivity (Wildman–Crippen MR) is 92.0 cm³/mol. The largest absolute Gasteiger partial charge is 0.368 e. The Morgan fingerprint density at radius 3 is 2.83 bits per heavy atom. The molecule has 128 valence electrons. The molecule has 0 aliphatic heterocycles. The lowest BCUT2D eigenvalue weighted by molar-refractivity contribution is -0.125. The number of hydrogen-bond donors (Lipinski definition) is 2. The lowest BCUT2D eigenvalue weighted by Gasteiger charge is -2.20. The number of carbonyl (C=O) groups excluding carboxylic acids is 1. The summed E-state index contributed by atoms with van der Waals surface area (Å²) < 4.78 is 1.72. The van der Waals surface area contributed by atoms with Crippen molar-refractivity contribution in [2.24, 2.45) is 5.92 Å². The molecule has 1 aliphatic rings. The van der Waals surface area contributed by atoms with E-state index in [0.29, 0.717) is 18.9 Å². The first kappa shape index (κ1) is 16.4. The maximum atomic E-state index is 12.1. The topological polar surface area (TPSA) is 84.7 Å². The molecule has 0 atom stereocenters. The second-order valence-electron chi connectivity index (χ2n) is 6.22. The van der Waals surface area contributed by atoms with E-state index in [9.17, 15) is 4.79 Å². The number of amides is 1. The summed E-state index contributed by atoms with van der Waals surface area (Å²) in [6, 6.07) is 3.77. The SMILES string of the molecule is Cc1ccn(-c2cc(NCCNC(=O)C3CCCCC3)ncn2)n1. The van der Waals surface area contributed by atoms with Crippen molar-refractivity contribution in [3.05, 3.63) is 30.4 Å². The highest BCUT2D eigenvalue weighted by Crippen LogP contribution is 2.23. The fourth-order valence-corrected chi connectivity index (χ4v) is 3.00. The number of anilines is 1. The van der Waals surface area contributed by atoms with E-state index in [4.69, 9.17) is 0 Å². The number of nitrogens with one attached hydrogen (secondary N) is 2. The van der Waals surface area contributed by atoms with Gasteiger partial charge >= 0.3 is 0 Å². The molecule has 2 N–H and O–H groups in total. The second kappa shape index (κ2) is 7.90. The zero-order valence-electron chi connectivity index (χ0n) is 14.0. The van der Waals surface area contributed by atoms with Crippen LogP contribution in [0.1, 0.15) is 37.8 Å². The summed E-state index contributed by atoms with van der Waals surface area (Å²) in [6.07, 6.45) is 9.04. The van der Waals surface area contributed by atoms with Gasteiger partial charge in [0.1, 0.15) is 12.1 Å². The van der Waals surface area contributed by atoms with Crippen molar-refractivity contribution < 1.29 is 4.79 Å². The molecule has 2 aromatic rings. The van der Waals surface area contributed by atoms with Crippen LogP contribution in [0.25, 0.3) is 5.82 Å². The zero-order chi connectivity index (χ0) is 16.8. The van der Waals surface area contributed by atoms with E-state index >= 15 is 0 Å². The Hall–Kier alpha value is -2.44. The summed E-state index contributed by atoms with van der Waals surface area (Å²) in [5.41, 5.74) is 0.938. The standard InChI is InChI=1S/C17H24N6O/c1-13-7-10-23(22-13)16-11-15(20-12-21-16)18-8-9-19-17(24)14-5-3-2-4-6-14/h7,10-12,14H,2-6,8-9H2,1H3,(H,19,24)(H,18,20,21). The van der Waals surface area contributed by atoms with E-state index in [1.165, 1.54) is 25.6 Å². The van der Waals surface area contributed by atoms with Crippen LogP contribution in [0.15, 0.2) is 24.7 Å². The molecule has 2 aromatic heterocycles. The summed E-state index contributed by atoms with van der Waals surface area (Å²) in [5, 5.41) is 10.6. The molecule has 3 rings (SSSR count). The van der Waals surface area contributed by atoms with Crippen molar-refractivity contribution in [2.75, 3.05) is 18.4 Å². The molecule has 1 aliphatic carbocycles. The van der Waals surface area contributed by atoms with Crippen LogP contribution >= 0.6 is 0 Å². The van der Waals surface area contributed by atoms with Gasteiger partial charge in [-0.25, -0.2) is 14.6 Å². The third-order valence-corrected chi connectivity index (χ3v) is 4.32. The van der Waals surface area contributed by atoms with Crippen LogP contribution in [0, 0.1) is 12.8 Å². The normalized spacial score (nSPS) is 15.2. The number of nitrogens with zero attached hydrogens (tertiary/aromatic N) is 4. The first-order valence-electron chi connectivity index (χ1n) is 8.58. The smallest absolute Gasteiger partial charge is 0.223 e. The van der Waals surface area contributed by atoms with Gasteiger partial charge in [-0.05, 0) is 25.8 Å². The highest BCUT2D eigenvalue weighted by Gasteiger charge is 2.20. The van der Waals surface area contributed by atoms with Crippen molar-refractivity contribution in [1.82, 2.24) is 25.1 Å². The van der Waals surface area contributed by atoms with Crippen molar-refractivity contribution >= 4 is 11.7 Å². The first-order chi connectivity index (χ1) is 11.7. The van der Waals surface area contributed by atoms with Crippen molar-refractivity contribution in [1.29, 1.82) is 0 Å². The Kier molecular flexibility index (Phi) is 5.40. The molecule has 7 nitrogen and oxygen atoms in total. The van der Waals surface area contributed by atoms with Gasteiger partial charge in [0.25, 0.3) is 0 Å². The third kappa shape index (κ3) is 4.31. The summed E-state index contributed by atoms with van der Waals surface area (Å²) in [5.74, 6) is 1.83. The van der Waals surface area contributed by atoms with Gasteiger partial charge in [-0.1, -0.05) is 19.3 Å². The number of rotatable bonds is 6. The molecule has 0 spiro atoms. The summed E-state index contributed by atoms with van der Waals surface area (Å²) in [7, 11) is 0. The molecule has 2 heterocycles. The fourth-order valence-electron chi connectivity index (χ4n) is 3.00. The maximum absolute atomic E-state index is 12.1. The summed E-state index contributed by atoms with van der Waals surface area (Å²) in [4.78, 5) is 20.5. The highest BCUT2D eigenvalue weighted by molar-refractivity contribution is 5.78. The summed E-state index contributed by atoms with van der Waals surface area (Å²) in [6.45, 7) is 3.16. The minimum absolute atomic E-state index is 0.187. The highest BCUT2D eigenvalue weighted by atomic mass is 16.1. The molecule has 0 saturated heterocycles. The monoisotopic (exact) mass is 328 g/mol. The Morgan fingerprint density at radius 2 is 2.08 bits per heavy atom. The molecule has 24 heavy (non-hydrogen) atoms. The average molecular weight is 328 g/mol. The zero-order valence-corrected chi connectivity index (χ0v) is 14.0. The second-order valence-corrected chi connectivity index (χ2v) is 6.22. The van der Waals surface area contributed by atoms with E-state index < -0.39 is 0 Å². The van der Waals surface area contributed by atoms with E-state index in [1.54, 1.807) is 4.68 Å². The van der Waals surface area contributed by atoms with Crippen molar-refractivity contribution in [3.63, 3.8) is 0 Å². The van der Waals surface area contributed by atoms with Gasteiger partial charge in [-0.3, -0.25) is 4.79 Å². The van der Waals surface area contributed by atoms with Crippen LogP contribution in [0.3, 0.4) is 0 Å². The Morgan fingerprint density at radius 1 is 1.25 bits per heavy atom. The predicted octanol–water partition coefficient (Wildman–Crippen LogP) is 2.08.